The van der Waals surface area contributed by atoms with E-state index in [0.29, 0.717) is 19.0 Å². The zero-order valence-electron chi connectivity index (χ0n) is 9.93. The summed E-state index contributed by atoms with van der Waals surface area (Å²) in [7, 11) is 0. The van der Waals surface area contributed by atoms with Crippen molar-refractivity contribution in [2.45, 2.75) is 26.9 Å². The summed E-state index contributed by atoms with van der Waals surface area (Å²) in [6, 6.07) is -0.350. The highest BCUT2D eigenvalue weighted by Gasteiger charge is 2.17. The highest BCUT2D eigenvalue weighted by atomic mass is 16.4. The van der Waals surface area contributed by atoms with Gasteiger partial charge in [-0.25, -0.2) is 9.59 Å². The van der Waals surface area contributed by atoms with Crippen LogP contribution in [0.3, 0.4) is 0 Å². The molecule has 0 aromatic rings. The molecule has 0 unspecified atom stereocenters. The van der Waals surface area contributed by atoms with Crippen molar-refractivity contribution in [3.05, 3.63) is 0 Å². The molecule has 3 N–H and O–H groups in total. The van der Waals surface area contributed by atoms with Crippen LogP contribution in [0.4, 0.5) is 4.79 Å². The largest absolute Gasteiger partial charge is 0.479 e. The van der Waals surface area contributed by atoms with E-state index < -0.39 is 12.1 Å². The third-order valence-corrected chi connectivity index (χ3v) is 1.99. The highest BCUT2D eigenvalue weighted by molar-refractivity contribution is 5.76. The summed E-state index contributed by atoms with van der Waals surface area (Å²) in [4.78, 5) is 23.4. The van der Waals surface area contributed by atoms with Crippen LogP contribution < -0.4 is 5.32 Å². The van der Waals surface area contributed by atoms with E-state index in [-0.39, 0.29) is 12.6 Å². The van der Waals surface area contributed by atoms with Crippen molar-refractivity contribution >= 4 is 12.0 Å². The Morgan fingerprint density at radius 1 is 1.38 bits per heavy atom. The quantitative estimate of drug-likeness (QED) is 0.606. The van der Waals surface area contributed by atoms with Gasteiger partial charge >= 0.3 is 12.0 Å². The topological polar surface area (TPSA) is 89.9 Å². The van der Waals surface area contributed by atoms with Gasteiger partial charge in [0.15, 0.2) is 6.10 Å². The first-order valence-corrected chi connectivity index (χ1v) is 5.32. The normalized spacial score (nSPS) is 12.3. The van der Waals surface area contributed by atoms with Gasteiger partial charge in [0.1, 0.15) is 0 Å². The Kier molecular flexibility index (Phi) is 6.48. The summed E-state index contributed by atoms with van der Waals surface area (Å²) in [5, 5.41) is 19.8. The minimum Gasteiger partial charge on any atom is -0.479 e. The molecule has 0 saturated carbocycles. The average Bonchev–Trinajstić information content (AvgIpc) is 2.21. The Balaban J connectivity index is 4.07. The summed E-state index contributed by atoms with van der Waals surface area (Å²) in [6.45, 7) is 6.70. The Hall–Kier alpha value is -1.30. The smallest absolute Gasteiger partial charge is 0.334 e. The van der Waals surface area contributed by atoms with Crippen LogP contribution in [0.15, 0.2) is 0 Å². The first-order valence-electron chi connectivity index (χ1n) is 5.32. The van der Waals surface area contributed by atoms with Gasteiger partial charge in [-0.3, -0.25) is 0 Å². The van der Waals surface area contributed by atoms with Crippen molar-refractivity contribution in [1.29, 1.82) is 0 Å². The Bertz CT molecular complexity index is 243. The van der Waals surface area contributed by atoms with Gasteiger partial charge in [-0.15, -0.1) is 0 Å². The molecule has 0 aliphatic rings. The Labute approximate surface area is 95.2 Å². The third-order valence-electron chi connectivity index (χ3n) is 1.99. The van der Waals surface area contributed by atoms with Crippen molar-refractivity contribution in [2.24, 2.45) is 5.92 Å². The number of aliphatic hydroxyl groups is 1. The number of urea groups is 1. The first kappa shape index (κ1) is 14.7. The molecular weight excluding hydrogens is 212 g/mol. The van der Waals surface area contributed by atoms with Gasteiger partial charge < -0.3 is 20.4 Å². The maximum atomic E-state index is 11.5. The van der Waals surface area contributed by atoms with Crippen molar-refractivity contribution in [2.75, 3.05) is 19.6 Å². The monoisotopic (exact) mass is 232 g/mol. The SMILES string of the molecule is CCN(CC(C)C)C(=O)NC[C@H](O)C(=O)O. The van der Waals surface area contributed by atoms with Gasteiger partial charge in [-0.1, -0.05) is 13.8 Å². The van der Waals surface area contributed by atoms with Crippen LogP contribution in [0.2, 0.25) is 0 Å². The lowest BCUT2D eigenvalue weighted by molar-refractivity contribution is -0.146. The van der Waals surface area contributed by atoms with E-state index >= 15 is 0 Å². The second kappa shape index (κ2) is 7.05. The maximum absolute atomic E-state index is 11.5. The van der Waals surface area contributed by atoms with Crippen molar-refractivity contribution in [3.8, 4) is 0 Å². The Morgan fingerprint density at radius 3 is 2.31 bits per heavy atom. The number of aliphatic hydroxyl groups excluding tert-OH is 1. The van der Waals surface area contributed by atoms with E-state index in [1.165, 1.54) is 0 Å². The fourth-order valence-corrected chi connectivity index (χ4v) is 1.18. The van der Waals surface area contributed by atoms with E-state index in [1.807, 2.05) is 20.8 Å². The lowest BCUT2D eigenvalue weighted by Crippen LogP contribution is -2.45. The summed E-state index contributed by atoms with van der Waals surface area (Å²) < 4.78 is 0. The first-order chi connectivity index (χ1) is 7.38. The third kappa shape index (κ3) is 5.55. The molecule has 0 saturated heterocycles. The van der Waals surface area contributed by atoms with Crippen LogP contribution >= 0.6 is 0 Å². The van der Waals surface area contributed by atoms with E-state index in [2.05, 4.69) is 5.32 Å². The van der Waals surface area contributed by atoms with Crippen LogP contribution in [0, 0.1) is 5.92 Å². The molecule has 0 heterocycles. The van der Waals surface area contributed by atoms with Crippen LogP contribution in [0.1, 0.15) is 20.8 Å². The number of carbonyl (C=O) groups excluding carboxylic acids is 1. The number of hydrogen-bond acceptors (Lipinski definition) is 3. The number of carboxylic acid groups (broad SMARTS) is 1. The number of amides is 2. The van der Waals surface area contributed by atoms with Crippen LogP contribution in [0.5, 0.6) is 0 Å². The summed E-state index contributed by atoms with van der Waals surface area (Å²) in [5.41, 5.74) is 0. The molecule has 0 aromatic heterocycles. The molecule has 2 amide bonds. The Morgan fingerprint density at radius 2 is 1.94 bits per heavy atom. The van der Waals surface area contributed by atoms with Crippen LogP contribution in [0.25, 0.3) is 0 Å². The molecule has 6 heteroatoms. The van der Waals surface area contributed by atoms with Gasteiger partial charge in [-0.05, 0) is 12.8 Å². The number of hydrogen-bond donors (Lipinski definition) is 3. The molecule has 1 atom stereocenters. The lowest BCUT2D eigenvalue weighted by Gasteiger charge is -2.23. The molecule has 16 heavy (non-hydrogen) atoms. The number of nitrogens with one attached hydrogen (secondary N) is 1. The number of nitrogens with zero attached hydrogens (tertiary/aromatic N) is 1. The van der Waals surface area contributed by atoms with Gasteiger partial charge in [0, 0.05) is 13.1 Å². The van der Waals surface area contributed by atoms with Crippen LogP contribution in [-0.2, 0) is 4.79 Å². The molecule has 0 aromatic carbocycles. The number of aliphatic carboxylic acids is 1. The van der Waals surface area contributed by atoms with Crippen molar-refractivity contribution in [3.63, 3.8) is 0 Å². The molecule has 94 valence electrons. The fraction of sp³-hybridized carbons (Fsp3) is 0.800. The molecule has 0 bridgehead atoms. The predicted octanol–water partition coefficient (Wildman–Crippen LogP) is 0.119. The van der Waals surface area contributed by atoms with E-state index in [4.69, 9.17) is 10.2 Å². The fourth-order valence-electron chi connectivity index (χ4n) is 1.18. The average molecular weight is 232 g/mol. The van der Waals surface area contributed by atoms with Crippen molar-refractivity contribution in [1.82, 2.24) is 10.2 Å². The van der Waals surface area contributed by atoms with Gasteiger partial charge in [0.25, 0.3) is 0 Å². The number of carbonyl (C=O) groups is 2. The standard InChI is InChI=1S/C10H20N2O4/c1-4-12(6-7(2)3)10(16)11-5-8(13)9(14)15/h7-8,13H,4-6H2,1-3H3,(H,11,16)(H,14,15)/t8-/m0/s1. The molecule has 0 spiro atoms. The second-order valence-electron chi connectivity index (χ2n) is 3.97. The molecule has 0 fully saturated rings. The zero-order valence-corrected chi connectivity index (χ0v) is 9.93. The minimum atomic E-state index is -1.55. The zero-order chi connectivity index (χ0) is 12.7. The lowest BCUT2D eigenvalue weighted by atomic mass is 10.2. The van der Waals surface area contributed by atoms with E-state index in [9.17, 15) is 9.59 Å². The maximum Gasteiger partial charge on any atom is 0.334 e. The predicted molar refractivity (Wildman–Crippen MR) is 59.1 cm³/mol. The molecule has 0 rings (SSSR count). The van der Waals surface area contributed by atoms with Crippen molar-refractivity contribution < 1.29 is 19.8 Å². The summed E-state index contributed by atoms with van der Waals surface area (Å²) in [6.07, 6.45) is -1.55. The van der Waals surface area contributed by atoms with Gasteiger partial charge in [0.05, 0.1) is 6.54 Å². The molecule has 0 aliphatic carbocycles. The molecular formula is C10H20N2O4. The number of rotatable bonds is 6. The van der Waals surface area contributed by atoms with E-state index in [1.54, 1.807) is 4.90 Å². The van der Waals surface area contributed by atoms with E-state index in [0.717, 1.165) is 0 Å². The van der Waals surface area contributed by atoms with Crippen LogP contribution in [-0.4, -0.2) is 52.9 Å². The highest BCUT2D eigenvalue weighted by Crippen LogP contribution is 1.98. The molecule has 0 aliphatic heterocycles. The molecule has 6 nitrogen and oxygen atoms in total. The van der Waals surface area contributed by atoms with Gasteiger partial charge in [-0.2, -0.15) is 0 Å². The number of carboxylic acids is 1. The van der Waals surface area contributed by atoms with Gasteiger partial charge in [0.2, 0.25) is 0 Å². The second-order valence-corrected chi connectivity index (χ2v) is 3.97. The summed E-state index contributed by atoms with van der Waals surface area (Å²) >= 11 is 0. The minimum absolute atomic E-state index is 0.275. The molecule has 0 radical (unpaired) electrons. The summed E-state index contributed by atoms with van der Waals surface area (Å²) in [5.74, 6) is -0.998.